The van der Waals surface area contributed by atoms with Crippen LogP contribution < -0.4 is 9.46 Å². The van der Waals surface area contributed by atoms with Crippen molar-refractivity contribution in [1.82, 2.24) is 14.5 Å². The summed E-state index contributed by atoms with van der Waals surface area (Å²) in [7, 11) is -1.75. The Kier molecular flexibility index (Phi) is 6.20. The molecule has 1 aromatic rings. The number of benzene rings is 1. The van der Waals surface area contributed by atoms with Crippen LogP contribution in [0.2, 0.25) is 0 Å². The molecule has 0 radical (unpaired) electrons. The molecule has 0 aliphatic carbocycles. The van der Waals surface area contributed by atoms with Crippen molar-refractivity contribution >= 4 is 15.9 Å². The lowest BCUT2D eigenvalue weighted by atomic mass is 10.2. The lowest BCUT2D eigenvalue weighted by Crippen LogP contribution is -2.53. The van der Waals surface area contributed by atoms with E-state index in [4.69, 9.17) is 4.74 Å². The summed E-state index contributed by atoms with van der Waals surface area (Å²) in [5.74, 6) is 0.413. The lowest BCUT2D eigenvalue weighted by Gasteiger charge is -2.34. The number of amides is 1. The molecule has 8 heteroatoms. The van der Waals surface area contributed by atoms with Crippen LogP contribution in [0.5, 0.6) is 5.75 Å². The molecule has 1 atom stereocenters. The normalized spacial score (nSPS) is 17.5. The molecular formula is C16H25N3O4S. The number of nitrogens with one attached hydrogen (secondary N) is 1. The van der Waals surface area contributed by atoms with E-state index < -0.39 is 16.1 Å². The predicted octanol–water partition coefficient (Wildman–Crippen LogP) is 0.526. The number of ether oxygens (including phenoxy) is 1. The second kappa shape index (κ2) is 7.96. The molecule has 1 aliphatic rings. The van der Waals surface area contributed by atoms with Gasteiger partial charge in [0, 0.05) is 26.2 Å². The van der Waals surface area contributed by atoms with Crippen LogP contribution in [0.15, 0.2) is 29.2 Å². The van der Waals surface area contributed by atoms with E-state index in [2.05, 4.69) is 9.62 Å². The van der Waals surface area contributed by atoms with Gasteiger partial charge in [-0.25, -0.2) is 8.42 Å². The lowest BCUT2D eigenvalue weighted by molar-refractivity contribution is -0.134. The summed E-state index contributed by atoms with van der Waals surface area (Å²) < 4.78 is 32.6. The van der Waals surface area contributed by atoms with E-state index in [0.29, 0.717) is 25.4 Å². The Labute approximate surface area is 143 Å². The van der Waals surface area contributed by atoms with Crippen molar-refractivity contribution in [3.63, 3.8) is 0 Å². The highest BCUT2D eigenvalue weighted by molar-refractivity contribution is 7.89. The minimum absolute atomic E-state index is 0.115. The highest BCUT2D eigenvalue weighted by Crippen LogP contribution is 2.16. The highest BCUT2D eigenvalue weighted by atomic mass is 32.2. The van der Waals surface area contributed by atoms with Crippen LogP contribution in [0.3, 0.4) is 0 Å². The Morgan fingerprint density at radius 3 is 2.33 bits per heavy atom. The molecule has 7 nitrogen and oxygen atoms in total. The van der Waals surface area contributed by atoms with Crippen molar-refractivity contribution in [1.29, 1.82) is 0 Å². The first-order chi connectivity index (χ1) is 11.3. The zero-order valence-electron chi connectivity index (χ0n) is 14.4. The first kappa shape index (κ1) is 18.7. The molecule has 0 unspecified atom stereocenters. The fourth-order valence-corrected chi connectivity index (χ4v) is 3.73. The average molecular weight is 355 g/mol. The molecule has 1 aromatic carbocycles. The quantitative estimate of drug-likeness (QED) is 0.805. The van der Waals surface area contributed by atoms with Crippen LogP contribution in [0.4, 0.5) is 0 Å². The van der Waals surface area contributed by atoms with Gasteiger partial charge in [-0.1, -0.05) is 0 Å². The number of likely N-dealkylation sites (N-methyl/N-ethyl adjacent to an activating group) is 1. The fraction of sp³-hybridized carbons (Fsp3) is 0.562. The Bertz CT molecular complexity index is 652. The number of nitrogens with zero attached hydrogens (tertiary/aromatic N) is 2. The van der Waals surface area contributed by atoms with E-state index in [0.717, 1.165) is 13.1 Å². The van der Waals surface area contributed by atoms with Gasteiger partial charge in [-0.05, 0) is 45.2 Å². The molecule has 1 N–H and O–H groups in total. The van der Waals surface area contributed by atoms with Crippen molar-refractivity contribution in [3.05, 3.63) is 24.3 Å². The molecule has 0 spiro atoms. The van der Waals surface area contributed by atoms with E-state index in [1.54, 1.807) is 24.0 Å². The van der Waals surface area contributed by atoms with E-state index in [9.17, 15) is 13.2 Å². The first-order valence-corrected chi connectivity index (χ1v) is 9.54. The summed E-state index contributed by atoms with van der Waals surface area (Å²) in [6.45, 7) is 6.77. The summed E-state index contributed by atoms with van der Waals surface area (Å²) in [5.41, 5.74) is 0. The molecule has 1 saturated heterocycles. The number of piperazine rings is 1. The molecular weight excluding hydrogens is 330 g/mol. The Morgan fingerprint density at radius 1 is 1.21 bits per heavy atom. The third-order valence-corrected chi connectivity index (χ3v) is 5.52. The predicted molar refractivity (Wildman–Crippen MR) is 91.5 cm³/mol. The zero-order valence-corrected chi connectivity index (χ0v) is 15.2. The summed E-state index contributed by atoms with van der Waals surface area (Å²) in [6, 6.07) is 5.35. The molecule has 2 rings (SSSR count). The van der Waals surface area contributed by atoms with Gasteiger partial charge in [-0.15, -0.1) is 0 Å². The van der Waals surface area contributed by atoms with E-state index >= 15 is 0 Å². The van der Waals surface area contributed by atoms with Gasteiger partial charge in [-0.3, -0.25) is 4.79 Å². The molecule has 1 aliphatic heterocycles. The molecule has 1 amide bonds. The largest absolute Gasteiger partial charge is 0.494 e. The van der Waals surface area contributed by atoms with Crippen molar-refractivity contribution in [2.24, 2.45) is 0 Å². The minimum atomic E-state index is -3.75. The number of carbonyl (C=O) groups is 1. The first-order valence-electron chi connectivity index (χ1n) is 8.06. The van der Waals surface area contributed by atoms with Gasteiger partial charge in [0.05, 0.1) is 17.5 Å². The summed E-state index contributed by atoms with van der Waals surface area (Å²) in [4.78, 5) is 16.4. The maximum absolute atomic E-state index is 12.4. The number of rotatable bonds is 6. The maximum atomic E-state index is 12.4. The van der Waals surface area contributed by atoms with Crippen LogP contribution in [-0.4, -0.2) is 70.0 Å². The van der Waals surface area contributed by atoms with E-state index in [-0.39, 0.29) is 10.8 Å². The summed E-state index contributed by atoms with van der Waals surface area (Å²) in [6.07, 6.45) is 0. The fourth-order valence-electron chi connectivity index (χ4n) is 2.53. The van der Waals surface area contributed by atoms with Crippen molar-refractivity contribution < 1.29 is 17.9 Å². The maximum Gasteiger partial charge on any atom is 0.241 e. The topological polar surface area (TPSA) is 78.9 Å². The van der Waals surface area contributed by atoms with Gasteiger partial charge in [0.2, 0.25) is 15.9 Å². The van der Waals surface area contributed by atoms with E-state index in [1.807, 2.05) is 14.0 Å². The molecule has 1 heterocycles. The second-order valence-electron chi connectivity index (χ2n) is 5.88. The highest BCUT2D eigenvalue weighted by Gasteiger charge is 2.27. The minimum Gasteiger partial charge on any atom is -0.494 e. The smallest absolute Gasteiger partial charge is 0.241 e. The monoisotopic (exact) mass is 355 g/mol. The van der Waals surface area contributed by atoms with Gasteiger partial charge in [0.1, 0.15) is 5.75 Å². The van der Waals surface area contributed by atoms with Crippen LogP contribution >= 0.6 is 0 Å². The molecule has 0 saturated carbocycles. The van der Waals surface area contributed by atoms with E-state index in [1.165, 1.54) is 12.1 Å². The van der Waals surface area contributed by atoms with Crippen molar-refractivity contribution in [2.75, 3.05) is 39.8 Å². The van der Waals surface area contributed by atoms with Gasteiger partial charge in [-0.2, -0.15) is 4.72 Å². The average Bonchev–Trinajstić information content (AvgIpc) is 2.55. The van der Waals surface area contributed by atoms with Crippen LogP contribution in [0.1, 0.15) is 13.8 Å². The Hall–Kier alpha value is -1.64. The third-order valence-electron chi connectivity index (χ3n) is 3.96. The van der Waals surface area contributed by atoms with Crippen LogP contribution in [0, 0.1) is 0 Å². The standard InChI is InChI=1S/C16H25N3O4S/c1-4-23-14-5-7-15(8-6-14)24(21,22)17-13(2)16(20)19-11-9-18(3)10-12-19/h5-8,13,17H,4,9-12H2,1-3H3/t13-/m1/s1. The Balaban J connectivity index is 2.00. The van der Waals surface area contributed by atoms with Gasteiger partial charge in [0.25, 0.3) is 0 Å². The van der Waals surface area contributed by atoms with Gasteiger partial charge >= 0.3 is 0 Å². The number of carbonyl (C=O) groups excluding carboxylic acids is 1. The molecule has 0 bridgehead atoms. The van der Waals surface area contributed by atoms with Gasteiger partial charge < -0.3 is 14.5 Å². The van der Waals surface area contributed by atoms with Crippen LogP contribution in [-0.2, 0) is 14.8 Å². The molecule has 0 aromatic heterocycles. The molecule has 134 valence electrons. The third kappa shape index (κ3) is 4.68. The SMILES string of the molecule is CCOc1ccc(S(=O)(=O)N[C@H](C)C(=O)N2CCN(C)CC2)cc1. The summed E-state index contributed by atoms with van der Waals surface area (Å²) in [5, 5.41) is 0. The van der Waals surface area contributed by atoms with Crippen molar-refractivity contribution in [2.45, 2.75) is 24.8 Å². The van der Waals surface area contributed by atoms with Crippen LogP contribution in [0.25, 0.3) is 0 Å². The van der Waals surface area contributed by atoms with Crippen molar-refractivity contribution in [3.8, 4) is 5.75 Å². The Morgan fingerprint density at radius 2 is 1.79 bits per heavy atom. The zero-order chi connectivity index (χ0) is 17.7. The molecule has 1 fully saturated rings. The number of hydrogen-bond donors (Lipinski definition) is 1. The van der Waals surface area contributed by atoms with Gasteiger partial charge in [0.15, 0.2) is 0 Å². The second-order valence-corrected chi connectivity index (χ2v) is 7.59. The number of hydrogen-bond acceptors (Lipinski definition) is 5. The molecule has 24 heavy (non-hydrogen) atoms. The number of sulfonamides is 1. The summed E-state index contributed by atoms with van der Waals surface area (Å²) >= 11 is 0.